The molecule has 0 saturated carbocycles. The minimum atomic E-state index is -4.07. The smallest absolute Gasteiger partial charge is 0.336 e. The van der Waals surface area contributed by atoms with E-state index in [-0.39, 0.29) is 9.79 Å². The van der Waals surface area contributed by atoms with Crippen molar-refractivity contribution in [1.82, 2.24) is 0 Å². The third-order valence-corrected chi connectivity index (χ3v) is 5.78. The van der Waals surface area contributed by atoms with Crippen LogP contribution in [0.15, 0.2) is 82.6 Å². The zero-order chi connectivity index (χ0) is 21.0. The van der Waals surface area contributed by atoms with Crippen LogP contribution in [0.1, 0.15) is 31.8 Å². The van der Waals surface area contributed by atoms with Gasteiger partial charge >= 0.3 is 11.9 Å². The molecule has 0 aliphatic heterocycles. The highest BCUT2D eigenvalue weighted by molar-refractivity contribution is 7.91. The monoisotopic (exact) mass is 406 g/mol. The molecule has 2 N–H and O–H groups in total. The zero-order valence-electron chi connectivity index (χ0n) is 14.9. The molecule has 0 bridgehead atoms. The van der Waals surface area contributed by atoms with Gasteiger partial charge in [0.1, 0.15) is 0 Å². The molecule has 0 spiro atoms. The van der Waals surface area contributed by atoms with Crippen LogP contribution in [0.25, 0.3) is 0 Å². The summed E-state index contributed by atoms with van der Waals surface area (Å²) in [6, 6.07) is 18.0. The van der Waals surface area contributed by atoms with Gasteiger partial charge in [-0.25, -0.2) is 18.0 Å². The fraction of sp³-hybridized carbons (Fsp3) is 0. The van der Waals surface area contributed by atoms with E-state index >= 15 is 0 Å². The van der Waals surface area contributed by atoms with Crippen molar-refractivity contribution in [1.29, 1.82) is 0 Å². The first-order chi connectivity index (χ1) is 13.8. The number of carboxylic acid groups (broad SMARTS) is 2. The lowest BCUT2D eigenvalue weighted by atomic mass is 10.1. The van der Waals surface area contributed by atoms with Crippen LogP contribution in [0, 0.1) is 11.8 Å². The number of carbonyl (C=O) groups is 2. The van der Waals surface area contributed by atoms with Gasteiger partial charge in [0.15, 0.2) is 0 Å². The molecule has 0 atom stereocenters. The number of hydrogen-bond acceptors (Lipinski definition) is 4. The molecule has 7 heteroatoms. The molecular formula is C22H14O6S. The number of hydrogen-bond donors (Lipinski definition) is 2. The van der Waals surface area contributed by atoms with Crippen molar-refractivity contribution in [3.8, 4) is 11.8 Å². The third-order valence-electron chi connectivity index (χ3n) is 4.03. The summed E-state index contributed by atoms with van der Waals surface area (Å²) in [5, 5.41) is 18.3. The summed E-state index contributed by atoms with van der Waals surface area (Å²) in [5.41, 5.74) is 0.157. The molecule has 3 aromatic carbocycles. The van der Waals surface area contributed by atoms with E-state index in [2.05, 4.69) is 11.8 Å². The maximum Gasteiger partial charge on any atom is 0.336 e. The molecule has 0 fully saturated rings. The molecule has 144 valence electrons. The van der Waals surface area contributed by atoms with Gasteiger partial charge in [-0.15, -0.1) is 0 Å². The van der Waals surface area contributed by atoms with Crippen LogP contribution in [-0.2, 0) is 9.84 Å². The van der Waals surface area contributed by atoms with Crippen LogP contribution in [0.3, 0.4) is 0 Å². The van der Waals surface area contributed by atoms with Crippen LogP contribution in [0.2, 0.25) is 0 Å². The Morgan fingerprint density at radius 1 is 0.655 bits per heavy atom. The molecule has 29 heavy (non-hydrogen) atoms. The third kappa shape index (κ3) is 4.34. The molecule has 0 heterocycles. The van der Waals surface area contributed by atoms with Gasteiger partial charge in [0, 0.05) is 11.1 Å². The highest BCUT2D eigenvalue weighted by Crippen LogP contribution is 2.24. The SMILES string of the molecule is O=C(O)c1ccc(S(=O)(=O)c2cccc(C#Cc3ccccc3)c2)cc1C(=O)O. The first-order valence-electron chi connectivity index (χ1n) is 8.32. The summed E-state index contributed by atoms with van der Waals surface area (Å²) < 4.78 is 25.9. The summed E-state index contributed by atoms with van der Waals surface area (Å²) in [6.45, 7) is 0. The maximum absolute atomic E-state index is 12.9. The Labute approximate surface area is 167 Å². The van der Waals surface area contributed by atoms with E-state index in [1.165, 1.54) is 18.2 Å². The van der Waals surface area contributed by atoms with Crippen molar-refractivity contribution in [2.24, 2.45) is 0 Å². The van der Waals surface area contributed by atoms with Crippen molar-refractivity contribution in [2.75, 3.05) is 0 Å². The van der Waals surface area contributed by atoms with Gasteiger partial charge in [-0.2, -0.15) is 0 Å². The van der Waals surface area contributed by atoms with Crippen molar-refractivity contribution in [3.63, 3.8) is 0 Å². The van der Waals surface area contributed by atoms with Crippen LogP contribution in [-0.4, -0.2) is 30.6 Å². The van der Waals surface area contributed by atoms with Gasteiger partial charge in [-0.1, -0.05) is 36.1 Å². The molecule has 0 aliphatic rings. The summed E-state index contributed by atoms with van der Waals surface area (Å²) >= 11 is 0. The lowest BCUT2D eigenvalue weighted by Crippen LogP contribution is -2.11. The number of benzene rings is 3. The first-order valence-corrected chi connectivity index (χ1v) is 9.80. The van der Waals surface area contributed by atoms with Crippen LogP contribution in [0.5, 0.6) is 0 Å². The van der Waals surface area contributed by atoms with Gasteiger partial charge in [0.25, 0.3) is 0 Å². The highest BCUT2D eigenvalue weighted by atomic mass is 32.2. The van der Waals surface area contributed by atoms with E-state index in [0.29, 0.717) is 5.56 Å². The van der Waals surface area contributed by atoms with Gasteiger partial charge in [-0.3, -0.25) is 0 Å². The Bertz CT molecular complexity index is 1270. The summed E-state index contributed by atoms with van der Waals surface area (Å²) in [6.07, 6.45) is 0. The molecule has 3 rings (SSSR count). The summed E-state index contributed by atoms with van der Waals surface area (Å²) in [7, 11) is -4.07. The first kappa shape index (κ1) is 19.9. The average Bonchev–Trinajstić information content (AvgIpc) is 2.72. The molecule has 6 nitrogen and oxygen atoms in total. The topological polar surface area (TPSA) is 109 Å². The quantitative estimate of drug-likeness (QED) is 0.644. The Hall–Kier alpha value is -3.89. The van der Waals surface area contributed by atoms with Crippen molar-refractivity contribution in [3.05, 3.63) is 95.1 Å². The molecule has 0 amide bonds. The van der Waals surface area contributed by atoms with Gasteiger partial charge in [0.2, 0.25) is 9.84 Å². The van der Waals surface area contributed by atoms with Gasteiger partial charge in [-0.05, 0) is 48.5 Å². The van der Waals surface area contributed by atoms with Crippen LogP contribution < -0.4 is 0 Å². The highest BCUT2D eigenvalue weighted by Gasteiger charge is 2.23. The van der Waals surface area contributed by atoms with Crippen molar-refractivity contribution < 1.29 is 28.2 Å². The molecule has 0 aliphatic carbocycles. The van der Waals surface area contributed by atoms with Crippen molar-refractivity contribution >= 4 is 21.8 Å². The number of carboxylic acids is 2. The number of sulfone groups is 1. The molecule has 0 aromatic heterocycles. The predicted octanol–water partition coefficient (Wildman–Crippen LogP) is 3.32. The molecule has 3 aromatic rings. The second-order valence-corrected chi connectivity index (χ2v) is 7.91. The predicted molar refractivity (Wildman–Crippen MR) is 105 cm³/mol. The van der Waals surface area contributed by atoms with Gasteiger partial charge in [0.05, 0.1) is 20.9 Å². The Kier molecular flexibility index (Phi) is 5.48. The lowest BCUT2D eigenvalue weighted by Gasteiger charge is -2.08. The minimum Gasteiger partial charge on any atom is -0.478 e. The number of aromatic carboxylic acids is 2. The molecule has 0 saturated heterocycles. The summed E-state index contributed by atoms with van der Waals surface area (Å²) in [5.74, 6) is 2.85. The Morgan fingerprint density at radius 3 is 1.90 bits per heavy atom. The van der Waals surface area contributed by atoms with E-state index in [0.717, 1.165) is 23.8 Å². The molecule has 0 unspecified atom stereocenters. The van der Waals surface area contributed by atoms with E-state index in [1.54, 1.807) is 6.07 Å². The van der Waals surface area contributed by atoms with Crippen LogP contribution in [0.4, 0.5) is 0 Å². The van der Waals surface area contributed by atoms with E-state index in [1.807, 2.05) is 30.3 Å². The average molecular weight is 406 g/mol. The molecule has 0 radical (unpaired) electrons. The normalized spacial score (nSPS) is 10.6. The van der Waals surface area contributed by atoms with E-state index < -0.39 is 32.9 Å². The van der Waals surface area contributed by atoms with E-state index in [4.69, 9.17) is 5.11 Å². The minimum absolute atomic E-state index is 0.0724. The fourth-order valence-electron chi connectivity index (χ4n) is 2.60. The second-order valence-electron chi connectivity index (χ2n) is 5.96. The second kappa shape index (κ2) is 8.00. The lowest BCUT2D eigenvalue weighted by molar-refractivity contribution is 0.0651. The maximum atomic E-state index is 12.9. The number of rotatable bonds is 4. The Balaban J connectivity index is 2.03. The van der Waals surface area contributed by atoms with Crippen molar-refractivity contribution in [2.45, 2.75) is 9.79 Å². The molecular weight excluding hydrogens is 392 g/mol. The van der Waals surface area contributed by atoms with Crippen LogP contribution >= 0.6 is 0 Å². The zero-order valence-corrected chi connectivity index (χ0v) is 15.7. The standard InChI is InChI=1S/C22H14O6S/c23-21(24)19-12-11-18(14-20(19)22(25)26)29(27,28)17-8-4-7-16(13-17)10-9-15-5-2-1-3-6-15/h1-8,11-14H,(H,23,24)(H,25,26). The Morgan fingerprint density at radius 2 is 1.24 bits per heavy atom. The summed E-state index contributed by atoms with van der Waals surface area (Å²) in [4.78, 5) is 22.1. The van der Waals surface area contributed by atoms with E-state index in [9.17, 15) is 23.1 Å². The largest absolute Gasteiger partial charge is 0.478 e. The van der Waals surface area contributed by atoms with Gasteiger partial charge < -0.3 is 10.2 Å². The fourth-order valence-corrected chi connectivity index (χ4v) is 3.93.